The number of aliphatic hydroxyl groups excluding tert-OH is 1. The van der Waals surface area contributed by atoms with Crippen LogP contribution in [0.15, 0.2) is 24.3 Å². The molecule has 1 heterocycles. The predicted molar refractivity (Wildman–Crippen MR) is 68.0 cm³/mol. The lowest BCUT2D eigenvalue weighted by Gasteiger charge is -2.08. The van der Waals surface area contributed by atoms with Crippen molar-refractivity contribution in [1.29, 1.82) is 0 Å². The Labute approximate surface area is 106 Å². The van der Waals surface area contributed by atoms with E-state index in [1.54, 1.807) is 7.05 Å². The van der Waals surface area contributed by atoms with E-state index in [0.29, 0.717) is 18.7 Å². The second-order valence-corrected chi connectivity index (χ2v) is 4.58. The van der Waals surface area contributed by atoms with E-state index < -0.39 is 6.10 Å². The standard InChI is InChI=1S/C13H18N4O/c1-10-4-3-5-11(8-10)6-7-12(18)9-13-14-16-17(2)15-13/h3-5,8,12,18H,6-7,9H2,1-2H3. The highest BCUT2D eigenvalue weighted by Crippen LogP contribution is 2.09. The summed E-state index contributed by atoms with van der Waals surface area (Å²) in [4.78, 5) is 1.41. The zero-order chi connectivity index (χ0) is 13.0. The third-order valence-corrected chi connectivity index (χ3v) is 2.82. The van der Waals surface area contributed by atoms with Gasteiger partial charge in [-0.2, -0.15) is 4.80 Å². The Bertz CT molecular complexity index is 509. The number of aliphatic hydroxyl groups is 1. The smallest absolute Gasteiger partial charge is 0.177 e. The van der Waals surface area contributed by atoms with Gasteiger partial charge in [0.25, 0.3) is 0 Å². The lowest BCUT2D eigenvalue weighted by molar-refractivity contribution is 0.162. The maximum absolute atomic E-state index is 9.93. The molecule has 0 saturated heterocycles. The van der Waals surface area contributed by atoms with Crippen LogP contribution in [-0.4, -0.2) is 31.4 Å². The Morgan fingerprint density at radius 2 is 2.22 bits per heavy atom. The number of hydrogen-bond donors (Lipinski definition) is 1. The van der Waals surface area contributed by atoms with E-state index in [9.17, 15) is 5.11 Å². The fourth-order valence-electron chi connectivity index (χ4n) is 1.92. The van der Waals surface area contributed by atoms with Crippen LogP contribution in [0, 0.1) is 6.92 Å². The molecule has 0 aliphatic carbocycles. The number of aromatic nitrogens is 4. The highest BCUT2D eigenvalue weighted by Gasteiger charge is 2.10. The van der Waals surface area contributed by atoms with E-state index >= 15 is 0 Å². The first-order valence-corrected chi connectivity index (χ1v) is 6.10. The van der Waals surface area contributed by atoms with Crippen LogP contribution < -0.4 is 0 Å². The van der Waals surface area contributed by atoms with Crippen molar-refractivity contribution in [3.8, 4) is 0 Å². The minimum Gasteiger partial charge on any atom is -0.393 e. The molecule has 1 atom stereocenters. The monoisotopic (exact) mass is 246 g/mol. The van der Waals surface area contributed by atoms with Crippen LogP contribution in [-0.2, 0) is 19.9 Å². The summed E-state index contributed by atoms with van der Waals surface area (Å²) >= 11 is 0. The third-order valence-electron chi connectivity index (χ3n) is 2.82. The normalized spacial score (nSPS) is 12.6. The number of nitrogens with zero attached hydrogens (tertiary/aromatic N) is 4. The fourth-order valence-corrected chi connectivity index (χ4v) is 1.92. The molecule has 0 saturated carbocycles. The molecule has 96 valence electrons. The lowest BCUT2D eigenvalue weighted by atomic mass is 10.0. The van der Waals surface area contributed by atoms with Crippen LogP contribution >= 0.6 is 0 Å². The van der Waals surface area contributed by atoms with Gasteiger partial charge in [-0.1, -0.05) is 29.8 Å². The average molecular weight is 246 g/mol. The Hall–Kier alpha value is -1.75. The summed E-state index contributed by atoms with van der Waals surface area (Å²) < 4.78 is 0. The van der Waals surface area contributed by atoms with Crippen LogP contribution in [0.25, 0.3) is 0 Å². The van der Waals surface area contributed by atoms with Crippen LogP contribution in [0.4, 0.5) is 0 Å². The summed E-state index contributed by atoms with van der Waals surface area (Å²) in [5, 5.41) is 21.6. The van der Waals surface area contributed by atoms with E-state index in [-0.39, 0.29) is 0 Å². The summed E-state index contributed by atoms with van der Waals surface area (Å²) in [5.74, 6) is 0.592. The highest BCUT2D eigenvalue weighted by atomic mass is 16.3. The van der Waals surface area contributed by atoms with Crippen molar-refractivity contribution < 1.29 is 5.11 Å². The molecule has 5 heteroatoms. The molecule has 1 N–H and O–H groups in total. The quantitative estimate of drug-likeness (QED) is 0.856. The van der Waals surface area contributed by atoms with E-state index in [4.69, 9.17) is 0 Å². The lowest BCUT2D eigenvalue weighted by Crippen LogP contribution is -2.13. The molecule has 5 nitrogen and oxygen atoms in total. The highest BCUT2D eigenvalue weighted by molar-refractivity contribution is 5.22. The van der Waals surface area contributed by atoms with E-state index in [0.717, 1.165) is 6.42 Å². The Morgan fingerprint density at radius 3 is 2.89 bits per heavy atom. The van der Waals surface area contributed by atoms with Gasteiger partial charge >= 0.3 is 0 Å². The second kappa shape index (κ2) is 5.73. The molecule has 0 radical (unpaired) electrons. The molecule has 0 fully saturated rings. The molecule has 18 heavy (non-hydrogen) atoms. The van der Waals surface area contributed by atoms with Crippen molar-refractivity contribution in [3.63, 3.8) is 0 Å². The van der Waals surface area contributed by atoms with Gasteiger partial charge in [0.2, 0.25) is 0 Å². The summed E-state index contributed by atoms with van der Waals surface area (Å²) in [6.45, 7) is 2.07. The first kappa shape index (κ1) is 12.7. The Balaban J connectivity index is 1.83. The summed E-state index contributed by atoms with van der Waals surface area (Å²) in [6, 6.07) is 8.35. The van der Waals surface area contributed by atoms with Gasteiger partial charge in [-0.15, -0.1) is 10.2 Å². The SMILES string of the molecule is Cc1cccc(CCC(O)Cc2nnn(C)n2)c1. The van der Waals surface area contributed by atoms with E-state index in [1.165, 1.54) is 15.9 Å². The molecule has 2 aromatic rings. The molecule has 1 aromatic carbocycles. The van der Waals surface area contributed by atoms with Crippen LogP contribution in [0.2, 0.25) is 0 Å². The molecule has 0 amide bonds. The maximum atomic E-state index is 9.93. The molecule has 2 rings (SSSR count). The predicted octanol–water partition coefficient (Wildman–Crippen LogP) is 1.05. The molecular formula is C13H18N4O. The van der Waals surface area contributed by atoms with E-state index in [1.807, 2.05) is 6.07 Å². The summed E-state index contributed by atoms with van der Waals surface area (Å²) in [7, 11) is 1.72. The minimum atomic E-state index is -0.422. The van der Waals surface area contributed by atoms with Gasteiger partial charge in [-0.3, -0.25) is 0 Å². The summed E-state index contributed by atoms with van der Waals surface area (Å²) in [6.07, 6.45) is 1.61. The van der Waals surface area contributed by atoms with Crippen molar-refractivity contribution >= 4 is 0 Å². The molecule has 0 aliphatic heterocycles. The largest absolute Gasteiger partial charge is 0.393 e. The van der Waals surface area contributed by atoms with Crippen molar-refractivity contribution in [1.82, 2.24) is 20.2 Å². The number of rotatable bonds is 5. The minimum absolute atomic E-state index is 0.422. The second-order valence-electron chi connectivity index (χ2n) is 4.58. The van der Waals surface area contributed by atoms with Gasteiger partial charge in [0.1, 0.15) is 0 Å². The fraction of sp³-hybridized carbons (Fsp3) is 0.462. The van der Waals surface area contributed by atoms with Crippen molar-refractivity contribution in [3.05, 3.63) is 41.2 Å². The Kier molecular flexibility index (Phi) is 4.04. The molecule has 0 bridgehead atoms. The topological polar surface area (TPSA) is 63.8 Å². The van der Waals surface area contributed by atoms with Gasteiger partial charge in [-0.05, 0) is 30.5 Å². The number of benzene rings is 1. The number of aryl methyl sites for hydroxylation is 3. The van der Waals surface area contributed by atoms with Gasteiger partial charge in [0.05, 0.1) is 13.2 Å². The van der Waals surface area contributed by atoms with Gasteiger partial charge in [0, 0.05) is 6.42 Å². The van der Waals surface area contributed by atoms with Crippen LogP contribution in [0.5, 0.6) is 0 Å². The van der Waals surface area contributed by atoms with Crippen LogP contribution in [0.3, 0.4) is 0 Å². The maximum Gasteiger partial charge on any atom is 0.177 e. The first-order valence-electron chi connectivity index (χ1n) is 6.10. The molecular weight excluding hydrogens is 228 g/mol. The number of hydrogen-bond acceptors (Lipinski definition) is 4. The van der Waals surface area contributed by atoms with Crippen molar-refractivity contribution in [2.24, 2.45) is 7.05 Å². The molecule has 0 aliphatic rings. The summed E-state index contributed by atoms with van der Waals surface area (Å²) in [5.41, 5.74) is 2.50. The van der Waals surface area contributed by atoms with Gasteiger partial charge in [-0.25, -0.2) is 0 Å². The zero-order valence-corrected chi connectivity index (χ0v) is 10.7. The molecule has 1 aromatic heterocycles. The van der Waals surface area contributed by atoms with Crippen molar-refractivity contribution in [2.75, 3.05) is 0 Å². The first-order chi connectivity index (χ1) is 8.63. The molecule has 0 spiro atoms. The van der Waals surface area contributed by atoms with Crippen molar-refractivity contribution in [2.45, 2.75) is 32.3 Å². The third kappa shape index (κ3) is 3.63. The number of tetrazole rings is 1. The van der Waals surface area contributed by atoms with E-state index in [2.05, 4.69) is 40.5 Å². The van der Waals surface area contributed by atoms with Gasteiger partial charge < -0.3 is 5.11 Å². The van der Waals surface area contributed by atoms with Crippen LogP contribution in [0.1, 0.15) is 23.4 Å². The zero-order valence-electron chi connectivity index (χ0n) is 10.7. The van der Waals surface area contributed by atoms with Gasteiger partial charge in [0.15, 0.2) is 5.82 Å². The Morgan fingerprint density at radius 1 is 1.39 bits per heavy atom. The molecule has 1 unspecified atom stereocenters. The average Bonchev–Trinajstić information content (AvgIpc) is 2.72.